The number of fused-ring (bicyclic) bond motifs is 1. The molecule has 0 spiro atoms. The number of amides is 1. The van der Waals surface area contributed by atoms with Gasteiger partial charge in [0.25, 0.3) is 11.7 Å². The molecular weight excluding hydrogens is 454 g/mol. The number of carbonyl (C=O) groups excluding carboxylic acids is 2. The van der Waals surface area contributed by atoms with E-state index in [0.717, 1.165) is 28.2 Å². The Morgan fingerprint density at radius 2 is 1.82 bits per heavy atom. The SMILES string of the molecule is COc1cc(OC)cc(N2C(=O)C(=O)/C(=C(\O)c3ccc4c(c3)CCO4)C2c2sccc2C)c1. The number of ether oxygens (including phenoxy) is 3. The minimum absolute atomic E-state index is 0.0520. The third-order valence-electron chi connectivity index (χ3n) is 6.17. The number of nitrogens with zero attached hydrogens (tertiary/aromatic N) is 1. The molecule has 2 aliphatic heterocycles. The molecule has 5 rings (SSSR count). The number of hydrogen-bond acceptors (Lipinski definition) is 7. The minimum Gasteiger partial charge on any atom is -0.507 e. The largest absolute Gasteiger partial charge is 0.507 e. The fourth-order valence-electron chi connectivity index (χ4n) is 4.43. The smallest absolute Gasteiger partial charge is 0.300 e. The van der Waals surface area contributed by atoms with Crippen molar-refractivity contribution < 1.29 is 28.9 Å². The molecule has 1 atom stereocenters. The van der Waals surface area contributed by atoms with Gasteiger partial charge in [0.15, 0.2) is 0 Å². The molecule has 1 saturated heterocycles. The quantitative estimate of drug-likeness (QED) is 0.328. The van der Waals surface area contributed by atoms with Gasteiger partial charge in [-0.1, -0.05) is 0 Å². The number of rotatable bonds is 5. The molecule has 0 radical (unpaired) electrons. The van der Waals surface area contributed by atoms with Crippen LogP contribution in [0.3, 0.4) is 0 Å². The summed E-state index contributed by atoms with van der Waals surface area (Å²) in [4.78, 5) is 29.0. The molecule has 174 valence electrons. The number of Topliss-reactive ketones (excluding diaryl/α,β-unsaturated/α-hetero) is 1. The zero-order valence-corrected chi connectivity index (χ0v) is 19.8. The van der Waals surface area contributed by atoms with Crippen LogP contribution in [0, 0.1) is 6.92 Å². The molecule has 0 saturated carbocycles. The molecule has 1 unspecified atom stereocenters. The molecule has 1 N–H and O–H groups in total. The lowest BCUT2D eigenvalue weighted by Gasteiger charge is -2.25. The number of thiophene rings is 1. The van der Waals surface area contributed by atoms with Gasteiger partial charge >= 0.3 is 0 Å². The first-order valence-corrected chi connectivity index (χ1v) is 11.6. The first-order valence-electron chi connectivity index (χ1n) is 10.8. The molecule has 34 heavy (non-hydrogen) atoms. The average molecular weight is 478 g/mol. The van der Waals surface area contributed by atoms with Gasteiger partial charge in [-0.05, 0) is 47.7 Å². The molecule has 0 aliphatic carbocycles. The van der Waals surface area contributed by atoms with E-state index in [0.29, 0.717) is 29.4 Å². The van der Waals surface area contributed by atoms with Crippen LogP contribution in [-0.2, 0) is 16.0 Å². The van der Waals surface area contributed by atoms with Crippen molar-refractivity contribution in [3.05, 3.63) is 75.0 Å². The lowest BCUT2D eigenvalue weighted by Crippen LogP contribution is -2.29. The molecule has 2 aromatic carbocycles. The predicted octanol–water partition coefficient (Wildman–Crippen LogP) is 4.63. The number of carbonyl (C=O) groups is 2. The van der Waals surface area contributed by atoms with Crippen molar-refractivity contribution in [1.29, 1.82) is 0 Å². The van der Waals surface area contributed by atoms with Crippen molar-refractivity contribution in [2.45, 2.75) is 19.4 Å². The molecule has 8 heteroatoms. The van der Waals surface area contributed by atoms with Gasteiger partial charge in [-0.2, -0.15) is 0 Å². The summed E-state index contributed by atoms with van der Waals surface area (Å²) >= 11 is 1.43. The van der Waals surface area contributed by atoms with E-state index in [4.69, 9.17) is 14.2 Å². The zero-order valence-electron chi connectivity index (χ0n) is 19.0. The summed E-state index contributed by atoms with van der Waals surface area (Å²) in [5.41, 5.74) is 2.85. The third-order valence-corrected chi connectivity index (χ3v) is 7.24. The van der Waals surface area contributed by atoms with E-state index in [2.05, 4.69) is 0 Å². The Labute approximate surface area is 200 Å². The van der Waals surface area contributed by atoms with Crippen LogP contribution >= 0.6 is 11.3 Å². The third kappa shape index (κ3) is 3.51. The van der Waals surface area contributed by atoms with E-state index in [9.17, 15) is 14.7 Å². The summed E-state index contributed by atoms with van der Waals surface area (Å²) in [5, 5.41) is 13.3. The van der Waals surface area contributed by atoms with Gasteiger partial charge in [-0.15, -0.1) is 11.3 Å². The van der Waals surface area contributed by atoms with Crippen LogP contribution in [0.5, 0.6) is 17.2 Å². The van der Waals surface area contributed by atoms with Crippen LogP contribution in [0.1, 0.15) is 27.6 Å². The van der Waals surface area contributed by atoms with Crippen LogP contribution in [0.2, 0.25) is 0 Å². The van der Waals surface area contributed by atoms with Gasteiger partial charge in [-0.3, -0.25) is 14.5 Å². The standard InChI is InChI=1S/C26H23NO6S/c1-14-7-9-34-25(14)22-21(23(28)16-4-5-20-15(10-16)6-8-33-20)24(29)26(30)27(22)17-11-18(31-2)13-19(12-17)32-3/h4-5,7,9-13,22,28H,6,8H2,1-3H3/b23-21-. The van der Waals surface area contributed by atoms with Gasteiger partial charge in [-0.25, -0.2) is 0 Å². The first kappa shape index (κ1) is 22.0. The number of benzene rings is 2. The lowest BCUT2D eigenvalue weighted by atomic mass is 9.97. The Kier molecular flexibility index (Phi) is 5.53. The monoisotopic (exact) mass is 477 g/mol. The maximum Gasteiger partial charge on any atom is 0.300 e. The second-order valence-electron chi connectivity index (χ2n) is 8.13. The second kappa shape index (κ2) is 8.53. The Balaban J connectivity index is 1.72. The molecule has 3 heterocycles. The number of aliphatic hydroxyl groups excluding tert-OH is 1. The van der Waals surface area contributed by atoms with Crippen LogP contribution in [-0.4, -0.2) is 37.6 Å². The van der Waals surface area contributed by atoms with Gasteiger partial charge in [0.1, 0.15) is 29.0 Å². The average Bonchev–Trinajstić information content (AvgIpc) is 3.56. The minimum atomic E-state index is -0.790. The fraction of sp³-hybridized carbons (Fsp3) is 0.231. The molecule has 2 aliphatic rings. The number of anilines is 1. The van der Waals surface area contributed by atoms with Crippen molar-refractivity contribution >= 4 is 34.5 Å². The number of methoxy groups -OCH3 is 2. The summed E-state index contributed by atoms with van der Waals surface area (Å²) in [5.74, 6) is 0.0652. The van der Waals surface area contributed by atoms with E-state index in [1.807, 2.05) is 24.4 Å². The van der Waals surface area contributed by atoms with Crippen LogP contribution in [0.15, 0.2) is 53.4 Å². The van der Waals surface area contributed by atoms with Crippen molar-refractivity contribution in [3.63, 3.8) is 0 Å². The summed E-state index contributed by atoms with van der Waals surface area (Å²) in [6.07, 6.45) is 0.724. The lowest BCUT2D eigenvalue weighted by molar-refractivity contribution is -0.132. The zero-order chi connectivity index (χ0) is 24.0. The summed E-state index contributed by atoms with van der Waals surface area (Å²) in [7, 11) is 3.04. The maximum absolute atomic E-state index is 13.4. The van der Waals surface area contributed by atoms with Crippen molar-refractivity contribution in [2.24, 2.45) is 0 Å². The van der Waals surface area contributed by atoms with E-state index in [-0.39, 0.29) is 11.3 Å². The van der Waals surface area contributed by atoms with Gasteiger partial charge in [0.2, 0.25) is 0 Å². The Bertz CT molecular complexity index is 1320. The van der Waals surface area contributed by atoms with E-state index >= 15 is 0 Å². The highest BCUT2D eigenvalue weighted by Crippen LogP contribution is 2.46. The van der Waals surface area contributed by atoms with Crippen LogP contribution in [0.4, 0.5) is 5.69 Å². The topological polar surface area (TPSA) is 85.3 Å². The van der Waals surface area contributed by atoms with E-state index in [1.165, 1.54) is 30.5 Å². The fourth-order valence-corrected chi connectivity index (χ4v) is 5.46. The highest BCUT2D eigenvalue weighted by Gasteiger charge is 2.48. The Morgan fingerprint density at radius 3 is 2.47 bits per heavy atom. The van der Waals surface area contributed by atoms with Crippen molar-refractivity contribution in [1.82, 2.24) is 0 Å². The van der Waals surface area contributed by atoms with E-state index in [1.54, 1.807) is 30.3 Å². The number of hydrogen-bond donors (Lipinski definition) is 1. The number of aryl methyl sites for hydroxylation is 1. The molecule has 1 aromatic heterocycles. The summed E-state index contributed by atoms with van der Waals surface area (Å²) in [6, 6.07) is 11.5. The normalized spacial score (nSPS) is 18.7. The highest BCUT2D eigenvalue weighted by molar-refractivity contribution is 7.10. The van der Waals surface area contributed by atoms with Gasteiger partial charge in [0, 0.05) is 35.1 Å². The number of aliphatic hydroxyl groups is 1. The molecule has 1 fully saturated rings. The second-order valence-corrected chi connectivity index (χ2v) is 9.08. The Morgan fingerprint density at radius 1 is 1.09 bits per heavy atom. The Hall–Kier alpha value is -3.78. The molecule has 0 bridgehead atoms. The molecule has 7 nitrogen and oxygen atoms in total. The van der Waals surface area contributed by atoms with Crippen LogP contribution in [0.25, 0.3) is 5.76 Å². The van der Waals surface area contributed by atoms with Gasteiger partial charge in [0.05, 0.1) is 32.1 Å². The van der Waals surface area contributed by atoms with Crippen molar-refractivity contribution in [3.8, 4) is 17.2 Å². The summed E-state index contributed by atoms with van der Waals surface area (Å²) < 4.78 is 16.3. The molecular formula is C26H23NO6S. The highest BCUT2D eigenvalue weighted by atomic mass is 32.1. The first-order chi connectivity index (χ1) is 16.4. The number of ketones is 1. The van der Waals surface area contributed by atoms with Crippen LogP contribution < -0.4 is 19.1 Å². The van der Waals surface area contributed by atoms with Gasteiger partial charge < -0.3 is 19.3 Å². The molecule has 3 aromatic rings. The van der Waals surface area contributed by atoms with Crippen molar-refractivity contribution in [2.75, 3.05) is 25.7 Å². The van der Waals surface area contributed by atoms with E-state index < -0.39 is 17.7 Å². The predicted molar refractivity (Wildman–Crippen MR) is 129 cm³/mol. The maximum atomic E-state index is 13.4. The summed E-state index contributed by atoms with van der Waals surface area (Å²) in [6.45, 7) is 2.50. The molecule has 1 amide bonds.